The number of hydrogen-bond acceptors (Lipinski definition) is 6. The third kappa shape index (κ3) is 4.75. The van der Waals surface area contributed by atoms with Gasteiger partial charge in [0.15, 0.2) is 0 Å². The minimum atomic E-state index is -0.638. The standard InChI is InChI=1S/C23H36N2O6/c1-4-24-21(29)31-19-9-10-22(2)16(12-20(28)25-13-15-6-5-11-30-15)17(27)7-8-18(22)23(19,3)14-26/h5-6,11,16-19,26-27H,4,7-10,12-14H2,1-3H3,(H,24,29)(H,25,28)/t16-,17-,18-,19+,22-,23+/m1/s1. The van der Waals surface area contributed by atoms with Crippen LogP contribution in [0.3, 0.4) is 0 Å². The van der Waals surface area contributed by atoms with Crippen molar-refractivity contribution >= 4 is 12.0 Å². The van der Waals surface area contributed by atoms with Crippen molar-refractivity contribution in [3.8, 4) is 0 Å². The molecule has 1 aromatic rings. The summed E-state index contributed by atoms with van der Waals surface area (Å²) >= 11 is 0. The molecule has 0 bridgehead atoms. The SMILES string of the molecule is CCNC(=O)O[C@H]1CC[C@@]2(C)[C@@H](CC[C@@H](O)[C@H]2CC(=O)NCc2ccco2)[C@]1(C)CO. The number of hydrogen-bond donors (Lipinski definition) is 4. The summed E-state index contributed by atoms with van der Waals surface area (Å²) in [6, 6.07) is 3.57. The van der Waals surface area contributed by atoms with Gasteiger partial charge >= 0.3 is 6.09 Å². The van der Waals surface area contributed by atoms with Crippen molar-refractivity contribution in [2.45, 2.75) is 71.6 Å². The topological polar surface area (TPSA) is 121 Å². The van der Waals surface area contributed by atoms with Crippen LogP contribution in [0, 0.1) is 22.7 Å². The molecule has 1 aromatic heterocycles. The highest BCUT2D eigenvalue weighted by atomic mass is 16.6. The number of rotatable bonds is 7. The molecule has 0 unspecified atom stereocenters. The van der Waals surface area contributed by atoms with Gasteiger partial charge in [0.1, 0.15) is 11.9 Å². The number of ether oxygens (including phenoxy) is 1. The lowest BCUT2D eigenvalue weighted by molar-refractivity contribution is -0.185. The first kappa shape index (κ1) is 23.6. The Bertz CT molecular complexity index is 753. The van der Waals surface area contributed by atoms with E-state index in [2.05, 4.69) is 17.6 Å². The maximum Gasteiger partial charge on any atom is 0.407 e. The quantitative estimate of drug-likeness (QED) is 0.521. The van der Waals surface area contributed by atoms with E-state index in [-0.39, 0.29) is 36.2 Å². The van der Waals surface area contributed by atoms with Crippen molar-refractivity contribution in [3.05, 3.63) is 24.2 Å². The number of nitrogens with one attached hydrogen (secondary N) is 2. The number of fused-ring (bicyclic) bond motifs is 1. The van der Waals surface area contributed by atoms with E-state index >= 15 is 0 Å². The summed E-state index contributed by atoms with van der Waals surface area (Å²) in [6.45, 7) is 6.57. The van der Waals surface area contributed by atoms with Crippen molar-refractivity contribution < 1.29 is 29.0 Å². The van der Waals surface area contributed by atoms with Crippen LogP contribution in [0.15, 0.2) is 22.8 Å². The van der Waals surface area contributed by atoms with Crippen LogP contribution in [0.1, 0.15) is 58.6 Å². The van der Waals surface area contributed by atoms with Crippen LogP contribution in [0.2, 0.25) is 0 Å². The molecule has 2 aliphatic rings. The zero-order valence-electron chi connectivity index (χ0n) is 18.7. The van der Waals surface area contributed by atoms with Crippen LogP contribution in [-0.4, -0.2) is 47.6 Å². The fourth-order valence-electron chi connectivity index (χ4n) is 5.97. The molecule has 3 rings (SSSR count). The molecule has 8 heteroatoms. The predicted molar refractivity (Wildman–Crippen MR) is 114 cm³/mol. The highest BCUT2D eigenvalue weighted by Gasteiger charge is 2.60. The smallest absolute Gasteiger partial charge is 0.407 e. The molecule has 6 atom stereocenters. The van der Waals surface area contributed by atoms with E-state index in [1.165, 1.54) is 0 Å². The summed E-state index contributed by atoms with van der Waals surface area (Å²) in [7, 11) is 0. The monoisotopic (exact) mass is 436 g/mol. The molecular formula is C23H36N2O6. The van der Waals surface area contributed by atoms with Crippen LogP contribution in [0.5, 0.6) is 0 Å². The number of furan rings is 1. The summed E-state index contributed by atoms with van der Waals surface area (Å²) in [6.07, 6.45) is 2.87. The molecule has 4 N–H and O–H groups in total. The molecule has 2 amide bonds. The van der Waals surface area contributed by atoms with Crippen LogP contribution in [0.25, 0.3) is 0 Å². The summed E-state index contributed by atoms with van der Waals surface area (Å²) in [5.74, 6) is 0.329. The van der Waals surface area contributed by atoms with Crippen molar-refractivity contribution in [2.24, 2.45) is 22.7 Å². The number of alkyl carbamates (subject to hydrolysis) is 1. The predicted octanol–water partition coefficient (Wildman–Crippen LogP) is 2.59. The van der Waals surface area contributed by atoms with Crippen LogP contribution < -0.4 is 10.6 Å². The molecule has 174 valence electrons. The molecule has 31 heavy (non-hydrogen) atoms. The summed E-state index contributed by atoms with van der Waals surface area (Å²) < 4.78 is 11.0. The first-order valence-electron chi connectivity index (χ1n) is 11.3. The Kier molecular flexibility index (Phi) is 7.31. The molecule has 2 fully saturated rings. The van der Waals surface area contributed by atoms with Crippen molar-refractivity contribution in [1.82, 2.24) is 10.6 Å². The summed E-state index contributed by atoms with van der Waals surface area (Å²) in [5.41, 5.74) is -0.987. The Morgan fingerprint density at radius 2 is 2.03 bits per heavy atom. The first-order valence-corrected chi connectivity index (χ1v) is 11.3. The van der Waals surface area contributed by atoms with Gasteiger partial charge in [-0.25, -0.2) is 4.79 Å². The van der Waals surface area contributed by atoms with Gasteiger partial charge in [0.2, 0.25) is 5.91 Å². The second-order valence-corrected chi connectivity index (χ2v) is 9.50. The molecule has 2 aliphatic carbocycles. The third-order valence-electron chi connectivity index (χ3n) is 7.69. The normalized spacial score (nSPS) is 35.1. The van der Waals surface area contributed by atoms with Crippen LogP contribution in [-0.2, 0) is 16.1 Å². The Morgan fingerprint density at radius 1 is 1.26 bits per heavy atom. The molecular weight excluding hydrogens is 400 g/mol. The molecule has 0 spiro atoms. The van der Waals surface area contributed by atoms with E-state index < -0.39 is 23.7 Å². The Balaban J connectivity index is 1.74. The van der Waals surface area contributed by atoms with E-state index in [1.807, 2.05) is 13.8 Å². The van der Waals surface area contributed by atoms with Gasteiger partial charge in [-0.15, -0.1) is 0 Å². The van der Waals surface area contributed by atoms with Crippen molar-refractivity contribution in [3.63, 3.8) is 0 Å². The lowest BCUT2D eigenvalue weighted by Gasteiger charge is -2.60. The third-order valence-corrected chi connectivity index (χ3v) is 7.69. The average Bonchev–Trinajstić information content (AvgIpc) is 3.25. The fourth-order valence-corrected chi connectivity index (χ4v) is 5.97. The molecule has 0 saturated heterocycles. The second kappa shape index (κ2) is 9.61. The zero-order chi connectivity index (χ0) is 22.6. The number of aliphatic hydroxyl groups excluding tert-OH is 2. The molecule has 2 saturated carbocycles. The molecule has 0 aliphatic heterocycles. The minimum absolute atomic E-state index is 0.0180. The van der Waals surface area contributed by atoms with E-state index in [1.54, 1.807) is 18.4 Å². The molecule has 0 aromatic carbocycles. The van der Waals surface area contributed by atoms with E-state index in [4.69, 9.17) is 9.15 Å². The second-order valence-electron chi connectivity index (χ2n) is 9.50. The van der Waals surface area contributed by atoms with E-state index in [0.717, 1.165) is 0 Å². The Morgan fingerprint density at radius 3 is 2.68 bits per heavy atom. The maximum absolute atomic E-state index is 12.7. The van der Waals surface area contributed by atoms with Gasteiger partial charge in [-0.05, 0) is 62.0 Å². The van der Waals surface area contributed by atoms with E-state index in [9.17, 15) is 19.8 Å². The highest BCUT2D eigenvalue weighted by Crippen LogP contribution is 2.61. The van der Waals surface area contributed by atoms with E-state index in [0.29, 0.717) is 44.5 Å². The van der Waals surface area contributed by atoms with Gasteiger partial charge in [-0.2, -0.15) is 0 Å². The van der Waals surface area contributed by atoms with Crippen LogP contribution in [0.4, 0.5) is 4.79 Å². The van der Waals surface area contributed by atoms with Gasteiger partial charge in [-0.1, -0.05) is 13.8 Å². The van der Waals surface area contributed by atoms with Gasteiger partial charge in [0, 0.05) is 18.4 Å². The van der Waals surface area contributed by atoms with Gasteiger partial charge in [0.05, 0.1) is 25.5 Å². The number of aliphatic hydroxyl groups is 2. The Hall–Kier alpha value is -2.06. The largest absolute Gasteiger partial charge is 0.467 e. The average molecular weight is 437 g/mol. The number of carbonyl (C=O) groups is 2. The minimum Gasteiger partial charge on any atom is -0.467 e. The maximum atomic E-state index is 12.7. The Labute approximate surface area is 183 Å². The van der Waals surface area contributed by atoms with Gasteiger partial charge < -0.3 is 30.0 Å². The number of amides is 2. The molecule has 8 nitrogen and oxygen atoms in total. The van der Waals surface area contributed by atoms with Crippen molar-refractivity contribution in [2.75, 3.05) is 13.2 Å². The van der Waals surface area contributed by atoms with Gasteiger partial charge in [0.25, 0.3) is 0 Å². The van der Waals surface area contributed by atoms with Crippen LogP contribution >= 0.6 is 0 Å². The van der Waals surface area contributed by atoms with Crippen molar-refractivity contribution in [1.29, 1.82) is 0 Å². The fraction of sp³-hybridized carbons (Fsp3) is 0.739. The number of carbonyl (C=O) groups excluding carboxylic acids is 2. The first-order chi connectivity index (χ1) is 14.7. The summed E-state index contributed by atoms with van der Waals surface area (Å²) in [4.78, 5) is 24.8. The summed E-state index contributed by atoms with van der Waals surface area (Å²) in [5, 5.41) is 26.8. The zero-order valence-corrected chi connectivity index (χ0v) is 18.7. The molecule has 0 radical (unpaired) electrons. The molecule has 1 heterocycles. The van der Waals surface area contributed by atoms with Gasteiger partial charge in [-0.3, -0.25) is 4.79 Å². The highest BCUT2D eigenvalue weighted by molar-refractivity contribution is 5.76. The lowest BCUT2D eigenvalue weighted by Crippen LogP contribution is -2.61. The lowest BCUT2D eigenvalue weighted by atomic mass is 9.46.